The Labute approximate surface area is 94.1 Å². The van der Waals surface area contributed by atoms with E-state index in [1.807, 2.05) is 11.4 Å². The molecule has 0 saturated heterocycles. The van der Waals surface area contributed by atoms with Crippen LogP contribution in [0.3, 0.4) is 0 Å². The second-order valence-corrected chi connectivity index (χ2v) is 4.39. The lowest BCUT2D eigenvalue weighted by molar-refractivity contribution is 0.0701. The molecule has 0 spiro atoms. The molecule has 0 fully saturated rings. The fourth-order valence-electron chi connectivity index (χ4n) is 1.49. The number of carboxylic acids is 1. The number of nitrogens with one attached hydrogen (secondary N) is 1. The van der Waals surface area contributed by atoms with Gasteiger partial charge in [0, 0.05) is 12.6 Å². The zero-order valence-corrected chi connectivity index (χ0v) is 9.93. The molecule has 0 saturated carbocycles. The summed E-state index contributed by atoms with van der Waals surface area (Å²) in [6, 6.07) is 2.36. The molecule has 1 aromatic heterocycles. The Bertz CT molecular complexity index is 318. The van der Waals surface area contributed by atoms with Gasteiger partial charge in [-0.2, -0.15) is 0 Å². The largest absolute Gasteiger partial charge is 0.477 e. The molecule has 0 bridgehead atoms. The van der Waals surface area contributed by atoms with Crippen LogP contribution >= 0.6 is 11.3 Å². The fraction of sp³-hybridized carbons (Fsp3) is 0.545. The molecule has 1 heterocycles. The number of thiophene rings is 1. The zero-order valence-electron chi connectivity index (χ0n) is 9.12. The second-order valence-electron chi connectivity index (χ2n) is 3.47. The number of hydrogen-bond donors (Lipinski definition) is 2. The molecule has 0 radical (unpaired) electrons. The van der Waals surface area contributed by atoms with Gasteiger partial charge in [-0.15, -0.1) is 11.3 Å². The van der Waals surface area contributed by atoms with Crippen molar-refractivity contribution in [2.45, 2.75) is 39.3 Å². The molecule has 84 valence electrons. The Kier molecular flexibility index (Phi) is 4.78. The van der Waals surface area contributed by atoms with E-state index < -0.39 is 5.97 Å². The summed E-state index contributed by atoms with van der Waals surface area (Å²) < 4.78 is 0. The topological polar surface area (TPSA) is 49.3 Å². The minimum atomic E-state index is -0.827. The minimum absolute atomic E-state index is 0.452. The summed E-state index contributed by atoms with van der Waals surface area (Å²) in [5.41, 5.74) is 0.888. The van der Waals surface area contributed by atoms with Crippen LogP contribution in [0, 0.1) is 0 Å². The van der Waals surface area contributed by atoms with Gasteiger partial charge in [0.05, 0.1) is 0 Å². The van der Waals surface area contributed by atoms with Crippen LogP contribution in [0.5, 0.6) is 0 Å². The van der Waals surface area contributed by atoms with E-state index in [0.717, 1.165) is 18.4 Å². The maximum Gasteiger partial charge on any atom is 0.346 e. The highest BCUT2D eigenvalue weighted by atomic mass is 32.1. The Morgan fingerprint density at radius 1 is 1.53 bits per heavy atom. The Morgan fingerprint density at radius 3 is 2.73 bits per heavy atom. The predicted octanol–water partition coefficient (Wildman–Crippen LogP) is 2.72. The van der Waals surface area contributed by atoms with E-state index in [9.17, 15) is 4.79 Å². The van der Waals surface area contributed by atoms with E-state index in [4.69, 9.17) is 5.11 Å². The quantitative estimate of drug-likeness (QED) is 0.785. The van der Waals surface area contributed by atoms with E-state index in [0.29, 0.717) is 17.5 Å². The first-order valence-electron chi connectivity index (χ1n) is 5.22. The fourth-order valence-corrected chi connectivity index (χ4v) is 2.25. The number of hydrogen-bond acceptors (Lipinski definition) is 3. The Morgan fingerprint density at radius 2 is 2.20 bits per heavy atom. The summed E-state index contributed by atoms with van der Waals surface area (Å²) in [4.78, 5) is 11.3. The van der Waals surface area contributed by atoms with Crippen molar-refractivity contribution in [1.82, 2.24) is 5.32 Å². The molecule has 0 aliphatic carbocycles. The molecule has 1 rings (SSSR count). The second kappa shape index (κ2) is 5.88. The molecular weight excluding hydrogens is 210 g/mol. The van der Waals surface area contributed by atoms with Gasteiger partial charge in [-0.05, 0) is 29.9 Å². The number of aromatic carboxylic acids is 1. The van der Waals surface area contributed by atoms with Crippen LogP contribution in [0.15, 0.2) is 11.4 Å². The molecule has 0 aliphatic heterocycles. The first-order chi connectivity index (χ1) is 7.19. The molecule has 4 heteroatoms. The highest BCUT2D eigenvalue weighted by molar-refractivity contribution is 7.12. The summed E-state index contributed by atoms with van der Waals surface area (Å²) in [5, 5.41) is 14.1. The summed E-state index contributed by atoms with van der Waals surface area (Å²) in [6.07, 6.45) is 2.14. The van der Waals surface area contributed by atoms with Gasteiger partial charge in [-0.3, -0.25) is 0 Å². The van der Waals surface area contributed by atoms with Crippen molar-refractivity contribution in [1.29, 1.82) is 0 Å². The van der Waals surface area contributed by atoms with Crippen LogP contribution in [0.2, 0.25) is 0 Å². The normalized spacial score (nSPS) is 10.9. The Hall–Kier alpha value is -0.870. The van der Waals surface area contributed by atoms with Crippen LogP contribution in [-0.4, -0.2) is 17.1 Å². The van der Waals surface area contributed by atoms with Crippen LogP contribution in [-0.2, 0) is 6.54 Å². The number of carbonyl (C=O) groups is 1. The van der Waals surface area contributed by atoms with Crippen molar-refractivity contribution in [3.8, 4) is 0 Å². The monoisotopic (exact) mass is 227 g/mol. The van der Waals surface area contributed by atoms with Gasteiger partial charge in [-0.1, -0.05) is 13.8 Å². The minimum Gasteiger partial charge on any atom is -0.477 e. The van der Waals surface area contributed by atoms with Crippen LogP contribution in [0.1, 0.15) is 41.9 Å². The number of rotatable bonds is 6. The van der Waals surface area contributed by atoms with Crippen molar-refractivity contribution in [2.75, 3.05) is 0 Å². The molecule has 1 aromatic rings. The van der Waals surface area contributed by atoms with Gasteiger partial charge in [-0.25, -0.2) is 4.79 Å². The van der Waals surface area contributed by atoms with Crippen LogP contribution < -0.4 is 5.32 Å². The smallest absolute Gasteiger partial charge is 0.346 e. The maximum absolute atomic E-state index is 10.8. The van der Waals surface area contributed by atoms with Crippen molar-refractivity contribution < 1.29 is 9.90 Å². The lowest BCUT2D eigenvalue weighted by Gasteiger charge is -2.14. The van der Waals surface area contributed by atoms with Gasteiger partial charge >= 0.3 is 5.97 Å². The molecular formula is C11H17NO2S. The van der Waals surface area contributed by atoms with Crippen molar-refractivity contribution in [3.05, 3.63) is 21.9 Å². The predicted molar refractivity (Wildman–Crippen MR) is 62.5 cm³/mol. The first kappa shape index (κ1) is 12.2. The third kappa shape index (κ3) is 3.32. The average molecular weight is 227 g/mol. The van der Waals surface area contributed by atoms with Crippen molar-refractivity contribution >= 4 is 17.3 Å². The van der Waals surface area contributed by atoms with E-state index >= 15 is 0 Å². The molecule has 0 atom stereocenters. The zero-order chi connectivity index (χ0) is 11.3. The van der Waals surface area contributed by atoms with Crippen molar-refractivity contribution in [2.24, 2.45) is 0 Å². The molecule has 0 aliphatic rings. The molecule has 0 aromatic carbocycles. The van der Waals surface area contributed by atoms with E-state index in [1.165, 1.54) is 11.3 Å². The molecule has 2 N–H and O–H groups in total. The summed E-state index contributed by atoms with van der Waals surface area (Å²) in [6.45, 7) is 4.91. The standard InChI is InChI=1S/C11H17NO2S/c1-3-9(4-2)12-7-8-5-6-15-10(8)11(13)14/h5-6,9,12H,3-4,7H2,1-2H3,(H,13,14). The first-order valence-corrected chi connectivity index (χ1v) is 6.10. The van der Waals surface area contributed by atoms with Gasteiger partial charge < -0.3 is 10.4 Å². The third-order valence-electron chi connectivity index (χ3n) is 2.51. The summed E-state index contributed by atoms with van der Waals surface area (Å²) in [7, 11) is 0. The lowest BCUT2D eigenvalue weighted by Crippen LogP contribution is -2.27. The van der Waals surface area contributed by atoms with Crippen LogP contribution in [0.4, 0.5) is 0 Å². The van der Waals surface area contributed by atoms with Gasteiger partial charge in [0.2, 0.25) is 0 Å². The van der Waals surface area contributed by atoms with Crippen molar-refractivity contribution in [3.63, 3.8) is 0 Å². The molecule has 0 unspecified atom stereocenters. The SMILES string of the molecule is CCC(CC)NCc1ccsc1C(=O)O. The van der Waals surface area contributed by atoms with E-state index in [-0.39, 0.29) is 0 Å². The molecule has 15 heavy (non-hydrogen) atoms. The highest BCUT2D eigenvalue weighted by Crippen LogP contribution is 2.16. The molecule has 3 nitrogen and oxygen atoms in total. The van der Waals surface area contributed by atoms with E-state index in [2.05, 4.69) is 19.2 Å². The third-order valence-corrected chi connectivity index (χ3v) is 3.45. The van der Waals surface area contributed by atoms with Crippen LogP contribution in [0.25, 0.3) is 0 Å². The highest BCUT2D eigenvalue weighted by Gasteiger charge is 2.12. The summed E-state index contributed by atoms with van der Waals surface area (Å²) in [5.74, 6) is -0.827. The molecule has 0 amide bonds. The van der Waals surface area contributed by atoms with E-state index in [1.54, 1.807) is 0 Å². The van der Waals surface area contributed by atoms with Gasteiger partial charge in [0.15, 0.2) is 0 Å². The average Bonchev–Trinajstić information content (AvgIpc) is 2.67. The Balaban J connectivity index is 2.57. The maximum atomic E-state index is 10.8. The van der Waals surface area contributed by atoms with Gasteiger partial charge in [0.25, 0.3) is 0 Å². The summed E-state index contributed by atoms with van der Waals surface area (Å²) >= 11 is 1.28. The number of carboxylic acid groups (broad SMARTS) is 1. The lowest BCUT2D eigenvalue weighted by atomic mass is 10.1. The van der Waals surface area contributed by atoms with Gasteiger partial charge in [0.1, 0.15) is 4.88 Å².